The summed E-state index contributed by atoms with van der Waals surface area (Å²) in [5.74, 6) is 0. The third-order valence-corrected chi connectivity index (χ3v) is 4.24. The van der Waals surface area contributed by atoms with Crippen LogP contribution < -0.4 is 5.32 Å². The lowest BCUT2D eigenvalue weighted by Crippen LogP contribution is -2.22. The maximum absolute atomic E-state index is 4.40. The quantitative estimate of drug-likeness (QED) is 0.651. The summed E-state index contributed by atoms with van der Waals surface area (Å²) in [6.45, 7) is 6.08. The van der Waals surface area contributed by atoms with Gasteiger partial charge in [-0.2, -0.15) is 0 Å². The van der Waals surface area contributed by atoms with Crippen molar-refractivity contribution in [3.05, 3.63) is 40.3 Å². The number of rotatable bonds is 6. The molecule has 0 aliphatic rings. The van der Waals surface area contributed by atoms with Gasteiger partial charge in [0.25, 0.3) is 0 Å². The number of nitrogens with zero attached hydrogens (tertiary/aromatic N) is 2. The predicted molar refractivity (Wildman–Crippen MR) is 78.1 cm³/mol. The Morgan fingerprint density at radius 3 is 3.06 bits per heavy atom. The molecule has 2 heterocycles. The topological polar surface area (TPSA) is 37.8 Å². The van der Waals surface area contributed by atoms with Gasteiger partial charge in [0.05, 0.1) is 0 Å². The van der Waals surface area contributed by atoms with E-state index in [1.165, 1.54) is 4.88 Å². The average molecular weight is 279 g/mol. The van der Waals surface area contributed by atoms with E-state index in [9.17, 15) is 0 Å². The maximum Gasteiger partial charge on any atom is 0.188 e. The van der Waals surface area contributed by atoms with Crippen LogP contribution in [0.4, 0.5) is 0 Å². The molecule has 18 heavy (non-hydrogen) atoms. The number of aromatic nitrogens is 2. The molecule has 1 N–H and O–H groups in total. The first-order chi connectivity index (χ1) is 8.74. The standard InChI is InChI=1S/C13H17N3S2/c1-10-5-6-15-13(16-10)18-11(2)8-14-9-12-4-3-7-17-12/h3-7,11,14H,8-9H2,1-2H3. The van der Waals surface area contributed by atoms with Crippen LogP contribution in [0.1, 0.15) is 17.5 Å². The second kappa shape index (κ2) is 6.87. The summed E-state index contributed by atoms with van der Waals surface area (Å²) >= 11 is 3.50. The van der Waals surface area contributed by atoms with Gasteiger partial charge in [0.1, 0.15) is 0 Å². The van der Waals surface area contributed by atoms with Crippen molar-refractivity contribution in [2.45, 2.75) is 30.8 Å². The molecule has 1 atom stereocenters. The highest BCUT2D eigenvalue weighted by molar-refractivity contribution is 7.99. The second-order valence-corrected chi connectivity index (χ2v) is 6.56. The van der Waals surface area contributed by atoms with Crippen molar-refractivity contribution in [3.8, 4) is 0 Å². The van der Waals surface area contributed by atoms with E-state index in [4.69, 9.17) is 0 Å². The number of hydrogen-bond donors (Lipinski definition) is 1. The van der Waals surface area contributed by atoms with Gasteiger partial charge in [-0.1, -0.05) is 24.8 Å². The van der Waals surface area contributed by atoms with Gasteiger partial charge in [-0.05, 0) is 24.4 Å². The highest BCUT2D eigenvalue weighted by Crippen LogP contribution is 2.18. The molecule has 0 saturated heterocycles. The first-order valence-electron chi connectivity index (χ1n) is 5.93. The third kappa shape index (κ3) is 4.40. The summed E-state index contributed by atoms with van der Waals surface area (Å²) in [5, 5.41) is 6.89. The lowest BCUT2D eigenvalue weighted by Gasteiger charge is -2.10. The molecular weight excluding hydrogens is 262 g/mol. The van der Waals surface area contributed by atoms with Gasteiger partial charge < -0.3 is 5.32 Å². The Labute approximate surface area is 116 Å². The summed E-state index contributed by atoms with van der Waals surface area (Å²) in [4.78, 5) is 10.0. The fourth-order valence-electron chi connectivity index (χ4n) is 1.52. The molecular formula is C13H17N3S2. The highest BCUT2D eigenvalue weighted by Gasteiger charge is 2.06. The molecule has 0 fully saturated rings. The smallest absolute Gasteiger partial charge is 0.188 e. The Balaban J connectivity index is 1.73. The minimum absolute atomic E-state index is 0.465. The monoisotopic (exact) mass is 279 g/mol. The Morgan fingerprint density at radius 2 is 2.33 bits per heavy atom. The van der Waals surface area contributed by atoms with Gasteiger partial charge in [-0.3, -0.25) is 0 Å². The lowest BCUT2D eigenvalue weighted by atomic mass is 10.4. The van der Waals surface area contributed by atoms with E-state index in [0.29, 0.717) is 5.25 Å². The van der Waals surface area contributed by atoms with Crippen molar-refractivity contribution in [2.24, 2.45) is 0 Å². The van der Waals surface area contributed by atoms with Crippen LogP contribution in [0, 0.1) is 6.92 Å². The zero-order valence-electron chi connectivity index (χ0n) is 10.6. The Kier molecular flexibility index (Phi) is 5.16. The molecule has 2 rings (SSSR count). The predicted octanol–water partition coefficient (Wildman–Crippen LogP) is 3.12. The normalized spacial score (nSPS) is 12.6. The molecule has 0 saturated carbocycles. The molecule has 0 aliphatic carbocycles. The Morgan fingerprint density at radius 1 is 1.44 bits per heavy atom. The zero-order valence-corrected chi connectivity index (χ0v) is 12.2. The molecule has 0 bridgehead atoms. The van der Waals surface area contributed by atoms with Crippen LogP contribution in [-0.2, 0) is 6.54 Å². The first-order valence-corrected chi connectivity index (χ1v) is 7.69. The van der Waals surface area contributed by atoms with E-state index >= 15 is 0 Å². The SMILES string of the molecule is Cc1ccnc(SC(C)CNCc2cccs2)n1. The summed E-state index contributed by atoms with van der Waals surface area (Å²) in [6, 6.07) is 6.16. The number of thioether (sulfide) groups is 1. The van der Waals surface area contributed by atoms with Crippen LogP contribution in [0.15, 0.2) is 34.9 Å². The molecule has 5 heteroatoms. The van der Waals surface area contributed by atoms with Gasteiger partial charge in [0.2, 0.25) is 0 Å². The summed E-state index contributed by atoms with van der Waals surface area (Å²) in [5.41, 5.74) is 1.02. The van der Waals surface area contributed by atoms with E-state index in [2.05, 4.69) is 39.7 Å². The number of nitrogens with one attached hydrogen (secondary N) is 1. The van der Waals surface area contributed by atoms with Crippen LogP contribution in [0.5, 0.6) is 0 Å². The van der Waals surface area contributed by atoms with E-state index in [0.717, 1.165) is 23.9 Å². The van der Waals surface area contributed by atoms with Gasteiger partial charge >= 0.3 is 0 Å². The highest BCUT2D eigenvalue weighted by atomic mass is 32.2. The largest absolute Gasteiger partial charge is 0.311 e. The Hall–Kier alpha value is -0.910. The molecule has 0 aliphatic heterocycles. The van der Waals surface area contributed by atoms with Gasteiger partial charge in [0, 0.05) is 35.1 Å². The molecule has 0 amide bonds. The molecule has 1 unspecified atom stereocenters. The van der Waals surface area contributed by atoms with Crippen LogP contribution in [-0.4, -0.2) is 21.8 Å². The molecule has 96 valence electrons. The van der Waals surface area contributed by atoms with Gasteiger partial charge in [-0.25, -0.2) is 9.97 Å². The second-order valence-electron chi connectivity index (χ2n) is 4.12. The summed E-state index contributed by atoms with van der Waals surface area (Å²) < 4.78 is 0. The third-order valence-electron chi connectivity index (χ3n) is 2.39. The van der Waals surface area contributed by atoms with E-state index in [-0.39, 0.29) is 0 Å². The van der Waals surface area contributed by atoms with E-state index < -0.39 is 0 Å². The van der Waals surface area contributed by atoms with Crippen LogP contribution >= 0.6 is 23.1 Å². The molecule has 2 aromatic heterocycles. The fourth-order valence-corrected chi connectivity index (χ4v) is 3.07. The summed E-state index contributed by atoms with van der Waals surface area (Å²) in [7, 11) is 0. The van der Waals surface area contributed by atoms with Crippen LogP contribution in [0.2, 0.25) is 0 Å². The lowest BCUT2D eigenvalue weighted by molar-refractivity contribution is 0.689. The van der Waals surface area contributed by atoms with Crippen molar-refractivity contribution in [2.75, 3.05) is 6.54 Å². The number of thiophene rings is 1. The van der Waals surface area contributed by atoms with Crippen LogP contribution in [0.3, 0.4) is 0 Å². The van der Waals surface area contributed by atoms with Crippen LogP contribution in [0.25, 0.3) is 0 Å². The zero-order chi connectivity index (χ0) is 12.8. The van der Waals surface area contributed by atoms with Crippen molar-refractivity contribution >= 4 is 23.1 Å². The summed E-state index contributed by atoms with van der Waals surface area (Å²) in [6.07, 6.45) is 1.82. The minimum atomic E-state index is 0.465. The molecule has 0 aromatic carbocycles. The van der Waals surface area contributed by atoms with Crippen molar-refractivity contribution < 1.29 is 0 Å². The van der Waals surface area contributed by atoms with E-state index in [1.807, 2.05) is 19.2 Å². The van der Waals surface area contributed by atoms with E-state index in [1.54, 1.807) is 23.1 Å². The van der Waals surface area contributed by atoms with Gasteiger partial charge in [0.15, 0.2) is 5.16 Å². The maximum atomic E-state index is 4.40. The molecule has 2 aromatic rings. The molecule has 0 spiro atoms. The number of hydrogen-bond acceptors (Lipinski definition) is 5. The van der Waals surface area contributed by atoms with Gasteiger partial charge in [-0.15, -0.1) is 11.3 Å². The Bertz CT molecular complexity index is 471. The molecule has 0 radical (unpaired) electrons. The number of aryl methyl sites for hydroxylation is 1. The minimum Gasteiger partial charge on any atom is -0.311 e. The first kappa shape index (κ1) is 13.5. The average Bonchev–Trinajstić information content (AvgIpc) is 2.82. The molecule has 3 nitrogen and oxygen atoms in total. The van der Waals surface area contributed by atoms with Crippen molar-refractivity contribution in [3.63, 3.8) is 0 Å². The van der Waals surface area contributed by atoms with Crippen molar-refractivity contribution in [1.29, 1.82) is 0 Å². The van der Waals surface area contributed by atoms with Crippen molar-refractivity contribution in [1.82, 2.24) is 15.3 Å². The fraction of sp³-hybridized carbons (Fsp3) is 0.385.